The van der Waals surface area contributed by atoms with E-state index in [2.05, 4.69) is 0 Å². The van der Waals surface area contributed by atoms with E-state index in [0.717, 1.165) is 5.56 Å². The number of rotatable bonds is 4. The Bertz CT molecular complexity index is 934. The molecule has 1 amide bonds. The van der Waals surface area contributed by atoms with Crippen molar-refractivity contribution in [3.63, 3.8) is 0 Å². The van der Waals surface area contributed by atoms with Gasteiger partial charge in [0.25, 0.3) is 0 Å². The topological polar surface area (TPSA) is 55.8 Å². The van der Waals surface area contributed by atoms with Crippen LogP contribution in [0.25, 0.3) is 0 Å². The van der Waals surface area contributed by atoms with E-state index >= 15 is 0 Å². The van der Waals surface area contributed by atoms with Gasteiger partial charge in [-0.25, -0.2) is 4.39 Å². The summed E-state index contributed by atoms with van der Waals surface area (Å²) >= 11 is 0. The quantitative estimate of drug-likeness (QED) is 0.785. The van der Waals surface area contributed by atoms with Gasteiger partial charge in [-0.1, -0.05) is 17.7 Å². The molecular formula is C23H24FNO4. The predicted octanol–water partition coefficient (Wildman–Crippen LogP) is 3.93. The molecule has 0 atom stereocenters. The van der Waals surface area contributed by atoms with Crippen LogP contribution in [0.15, 0.2) is 42.5 Å². The highest BCUT2D eigenvalue weighted by Gasteiger charge is 2.43. The summed E-state index contributed by atoms with van der Waals surface area (Å²) in [6.45, 7) is 3.26. The number of carbonyl (C=O) groups excluding carboxylic acids is 2. The van der Waals surface area contributed by atoms with E-state index < -0.39 is 5.60 Å². The molecule has 0 aliphatic carbocycles. The van der Waals surface area contributed by atoms with Crippen molar-refractivity contribution in [3.05, 3.63) is 59.4 Å². The molecule has 152 valence electrons. The normalized spacial score (nSPS) is 17.6. The van der Waals surface area contributed by atoms with Crippen LogP contribution in [-0.2, 0) is 4.79 Å². The lowest BCUT2D eigenvalue weighted by Crippen LogP contribution is -2.52. The van der Waals surface area contributed by atoms with Gasteiger partial charge in [-0.05, 0) is 31.2 Å². The largest absolute Gasteiger partial charge is 0.493 e. The monoisotopic (exact) mass is 397 g/mol. The lowest BCUT2D eigenvalue weighted by Gasteiger charge is -2.44. The molecular weight excluding hydrogens is 373 g/mol. The molecule has 2 aliphatic heterocycles. The summed E-state index contributed by atoms with van der Waals surface area (Å²) in [6.07, 6.45) is 1.84. The van der Waals surface area contributed by atoms with Crippen LogP contribution in [0.5, 0.6) is 11.5 Å². The van der Waals surface area contributed by atoms with Crippen LogP contribution in [0.1, 0.15) is 41.6 Å². The maximum Gasteiger partial charge on any atom is 0.226 e. The van der Waals surface area contributed by atoms with Crippen molar-refractivity contribution in [2.75, 3.05) is 19.7 Å². The number of fused-ring (bicyclic) bond motifs is 1. The van der Waals surface area contributed by atoms with Gasteiger partial charge >= 0.3 is 0 Å². The fraction of sp³-hybridized carbons (Fsp3) is 0.391. The molecule has 0 saturated carbocycles. The van der Waals surface area contributed by atoms with Gasteiger partial charge in [-0.2, -0.15) is 0 Å². The molecule has 0 unspecified atom stereocenters. The van der Waals surface area contributed by atoms with Gasteiger partial charge in [0.15, 0.2) is 5.78 Å². The van der Waals surface area contributed by atoms with Crippen molar-refractivity contribution in [2.24, 2.45) is 0 Å². The van der Waals surface area contributed by atoms with Crippen molar-refractivity contribution in [3.8, 4) is 11.5 Å². The zero-order valence-electron chi connectivity index (χ0n) is 16.4. The third-order valence-electron chi connectivity index (χ3n) is 5.65. The highest BCUT2D eigenvalue weighted by atomic mass is 19.1. The van der Waals surface area contributed by atoms with Gasteiger partial charge in [-0.3, -0.25) is 9.59 Å². The van der Waals surface area contributed by atoms with Crippen LogP contribution in [0.3, 0.4) is 0 Å². The van der Waals surface area contributed by atoms with Crippen LogP contribution < -0.4 is 9.47 Å². The SMILES string of the molecule is Cc1ccc2c(c1)C(=O)CC1(CCN(C(=O)CCOc3cccc(F)c3)CC1)O2. The Hall–Kier alpha value is -2.89. The molecule has 2 heterocycles. The second-order valence-electron chi connectivity index (χ2n) is 7.82. The third kappa shape index (κ3) is 4.26. The zero-order valence-corrected chi connectivity index (χ0v) is 16.4. The van der Waals surface area contributed by atoms with Gasteiger partial charge in [0.1, 0.15) is 22.9 Å². The number of Topliss-reactive ketones (excluding diaryl/α,β-unsaturated/α-hetero) is 1. The predicted molar refractivity (Wildman–Crippen MR) is 106 cm³/mol. The van der Waals surface area contributed by atoms with E-state index in [1.165, 1.54) is 12.1 Å². The summed E-state index contributed by atoms with van der Waals surface area (Å²) in [5.41, 5.74) is 1.18. The molecule has 0 N–H and O–H groups in total. The number of carbonyl (C=O) groups is 2. The van der Waals surface area contributed by atoms with Crippen LogP contribution in [0, 0.1) is 12.7 Å². The van der Waals surface area contributed by atoms with Crippen molar-refractivity contribution in [1.82, 2.24) is 4.90 Å². The zero-order chi connectivity index (χ0) is 20.4. The second-order valence-corrected chi connectivity index (χ2v) is 7.82. The smallest absolute Gasteiger partial charge is 0.226 e. The average Bonchev–Trinajstić information content (AvgIpc) is 2.69. The maximum atomic E-state index is 13.2. The fourth-order valence-corrected chi connectivity index (χ4v) is 4.02. The molecule has 29 heavy (non-hydrogen) atoms. The number of ether oxygens (including phenoxy) is 2. The Kier molecular flexibility index (Phi) is 5.26. The molecule has 1 spiro atoms. The molecule has 2 aromatic carbocycles. The molecule has 1 fully saturated rings. The number of nitrogens with zero attached hydrogens (tertiary/aromatic N) is 1. The van der Waals surface area contributed by atoms with Crippen LogP contribution in [0.4, 0.5) is 4.39 Å². The van der Waals surface area contributed by atoms with Crippen molar-refractivity contribution in [2.45, 2.75) is 38.2 Å². The minimum absolute atomic E-state index is 0.00517. The first-order valence-corrected chi connectivity index (χ1v) is 9.93. The van der Waals surface area contributed by atoms with E-state index in [1.54, 1.807) is 17.0 Å². The summed E-state index contributed by atoms with van der Waals surface area (Å²) in [5.74, 6) is 0.801. The van der Waals surface area contributed by atoms with Gasteiger partial charge in [-0.15, -0.1) is 0 Å². The Morgan fingerprint density at radius 2 is 2.00 bits per heavy atom. The van der Waals surface area contributed by atoms with Crippen molar-refractivity contribution in [1.29, 1.82) is 0 Å². The standard InChI is InChI=1S/C23H24FNO4/c1-16-5-6-21-19(13-16)20(26)15-23(29-21)8-10-25(11-9-23)22(27)7-12-28-18-4-2-3-17(24)14-18/h2-6,13-14H,7-12,15H2,1H3. The Labute approximate surface area is 169 Å². The first-order valence-electron chi connectivity index (χ1n) is 9.93. The number of amides is 1. The third-order valence-corrected chi connectivity index (χ3v) is 5.65. The summed E-state index contributed by atoms with van der Waals surface area (Å²) in [6, 6.07) is 11.6. The maximum absolute atomic E-state index is 13.2. The molecule has 0 radical (unpaired) electrons. The minimum atomic E-state index is -0.520. The number of ketones is 1. The van der Waals surface area contributed by atoms with E-state index in [1.807, 2.05) is 25.1 Å². The molecule has 5 nitrogen and oxygen atoms in total. The highest BCUT2D eigenvalue weighted by molar-refractivity contribution is 6.00. The number of aryl methyl sites for hydroxylation is 1. The molecule has 0 bridgehead atoms. The van der Waals surface area contributed by atoms with Gasteiger partial charge in [0.2, 0.25) is 5.91 Å². The Balaban J connectivity index is 1.30. The van der Waals surface area contributed by atoms with E-state index in [4.69, 9.17) is 9.47 Å². The van der Waals surface area contributed by atoms with Gasteiger partial charge in [0.05, 0.1) is 25.0 Å². The number of hydrogen-bond donors (Lipinski definition) is 0. The first-order chi connectivity index (χ1) is 13.9. The lowest BCUT2D eigenvalue weighted by molar-refractivity contribution is -0.135. The highest BCUT2D eigenvalue weighted by Crippen LogP contribution is 2.39. The fourth-order valence-electron chi connectivity index (χ4n) is 4.02. The van der Waals surface area contributed by atoms with Gasteiger partial charge in [0, 0.05) is 32.0 Å². The van der Waals surface area contributed by atoms with Gasteiger partial charge < -0.3 is 14.4 Å². The van der Waals surface area contributed by atoms with Crippen LogP contribution in [0.2, 0.25) is 0 Å². The van der Waals surface area contributed by atoms with E-state index in [0.29, 0.717) is 49.4 Å². The van der Waals surface area contributed by atoms with E-state index in [-0.39, 0.29) is 30.5 Å². The van der Waals surface area contributed by atoms with Crippen LogP contribution >= 0.6 is 0 Å². The molecule has 0 aromatic heterocycles. The molecule has 2 aliphatic rings. The summed E-state index contributed by atoms with van der Waals surface area (Å²) in [7, 11) is 0. The average molecular weight is 397 g/mol. The molecule has 6 heteroatoms. The lowest BCUT2D eigenvalue weighted by atomic mass is 9.82. The molecule has 4 rings (SSSR count). The summed E-state index contributed by atoms with van der Waals surface area (Å²) in [5, 5.41) is 0. The van der Waals surface area contributed by atoms with Crippen LogP contribution in [-0.4, -0.2) is 41.9 Å². The Morgan fingerprint density at radius 1 is 1.21 bits per heavy atom. The first kappa shape index (κ1) is 19.4. The number of likely N-dealkylation sites (tertiary alicyclic amines) is 1. The van der Waals surface area contributed by atoms with Crippen molar-refractivity contribution < 1.29 is 23.5 Å². The minimum Gasteiger partial charge on any atom is -0.493 e. The molecule has 1 saturated heterocycles. The molecule has 2 aromatic rings. The number of benzene rings is 2. The Morgan fingerprint density at radius 3 is 2.76 bits per heavy atom. The number of halogens is 1. The van der Waals surface area contributed by atoms with E-state index in [9.17, 15) is 14.0 Å². The summed E-state index contributed by atoms with van der Waals surface area (Å²) < 4.78 is 24.9. The number of hydrogen-bond acceptors (Lipinski definition) is 4. The number of piperidine rings is 1. The second kappa shape index (κ2) is 7.85. The summed E-state index contributed by atoms with van der Waals surface area (Å²) in [4.78, 5) is 26.9. The van der Waals surface area contributed by atoms with Crippen molar-refractivity contribution >= 4 is 11.7 Å².